The molecule has 4 heteroatoms. The third kappa shape index (κ3) is 4.83. The highest BCUT2D eigenvalue weighted by molar-refractivity contribution is 9.11. The molecule has 0 spiro atoms. The Morgan fingerprint density at radius 1 is 1.10 bits per heavy atom. The Kier molecular flexibility index (Phi) is 6.27. The van der Waals surface area contributed by atoms with E-state index in [2.05, 4.69) is 63.2 Å². The van der Waals surface area contributed by atoms with Crippen LogP contribution in [0, 0.1) is 6.92 Å². The van der Waals surface area contributed by atoms with Crippen LogP contribution in [0.5, 0.6) is 11.5 Å². The lowest BCUT2D eigenvalue weighted by Crippen LogP contribution is -2.14. The van der Waals surface area contributed by atoms with E-state index in [1.54, 1.807) is 0 Å². The van der Waals surface area contributed by atoms with Gasteiger partial charge in [0, 0.05) is 11.0 Å². The van der Waals surface area contributed by atoms with Crippen LogP contribution in [0.1, 0.15) is 24.5 Å². The lowest BCUT2D eigenvalue weighted by molar-refractivity contribution is 0.478. The van der Waals surface area contributed by atoms with Gasteiger partial charge in [-0.3, -0.25) is 0 Å². The molecule has 0 heterocycles. The summed E-state index contributed by atoms with van der Waals surface area (Å²) in [5.74, 6) is 1.67. The number of hydrogen-bond donors (Lipinski definition) is 1. The van der Waals surface area contributed by atoms with Gasteiger partial charge in [0.25, 0.3) is 0 Å². The van der Waals surface area contributed by atoms with E-state index in [4.69, 9.17) is 4.74 Å². The Morgan fingerprint density at radius 2 is 1.90 bits per heavy atom. The summed E-state index contributed by atoms with van der Waals surface area (Å²) in [6.45, 7) is 6.24. The maximum Gasteiger partial charge on any atom is 0.141 e. The highest BCUT2D eigenvalue weighted by atomic mass is 79.9. The lowest BCUT2D eigenvalue weighted by atomic mass is 10.1. The number of aryl methyl sites for hydroxylation is 1. The summed E-state index contributed by atoms with van der Waals surface area (Å²) < 4.78 is 7.89. The standard InChI is InChI=1S/C17H19Br2NO/c1-3-8-20-11-13-4-6-15(9-12(13)2)21-17-7-5-14(18)10-16(17)19/h4-7,9-10,20H,3,8,11H2,1-2H3. The maximum atomic E-state index is 5.94. The lowest BCUT2D eigenvalue weighted by Gasteiger charge is -2.12. The molecule has 2 aromatic carbocycles. The third-order valence-electron chi connectivity index (χ3n) is 3.18. The number of rotatable bonds is 6. The van der Waals surface area contributed by atoms with Gasteiger partial charge in [0.15, 0.2) is 0 Å². The van der Waals surface area contributed by atoms with E-state index in [0.717, 1.165) is 40.0 Å². The van der Waals surface area contributed by atoms with Crippen molar-refractivity contribution >= 4 is 31.9 Å². The second kappa shape index (κ2) is 7.97. The Balaban J connectivity index is 2.09. The molecular weight excluding hydrogens is 394 g/mol. The molecule has 2 rings (SSSR count). The SMILES string of the molecule is CCCNCc1ccc(Oc2ccc(Br)cc2Br)cc1C. The molecule has 21 heavy (non-hydrogen) atoms. The fraction of sp³-hybridized carbons (Fsp3) is 0.294. The molecule has 2 nitrogen and oxygen atoms in total. The summed E-state index contributed by atoms with van der Waals surface area (Å²) in [5.41, 5.74) is 2.55. The number of halogens is 2. The van der Waals surface area contributed by atoms with Gasteiger partial charge in [-0.1, -0.05) is 28.9 Å². The molecule has 0 radical (unpaired) electrons. The van der Waals surface area contributed by atoms with E-state index >= 15 is 0 Å². The topological polar surface area (TPSA) is 21.3 Å². The molecule has 0 aliphatic heterocycles. The van der Waals surface area contributed by atoms with Crippen molar-refractivity contribution in [2.45, 2.75) is 26.8 Å². The van der Waals surface area contributed by atoms with E-state index in [1.807, 2.05) is 24.3 Å². The van der Waals surface area contributed by atoms with Crippen LogP contribution in [-0.2, 0) is 6.54 Å². The zero-order chi connectivity index (χ0) is 15.2. The van der Waals surface area contributed by atoms with Gasteiger partial charge >= 0.3 is 0 Å². The molecule has 0 aliphatic carbocycles. The molecule has 2 aromatic rings. The van der Waals surface area contributed by atoms with Crippen LogP contribution in [0.2, 0.25) is 0 Å². The van der Waals surface area contributed by atoms with E-state index in [0.29, 0.717) is 0 Å². The zero-order valence-electron chi connectivity index (χ0n) is 12.2. The molecule has 0 fully saturated rings. The van der Waals surface area contributed by atoms with E-state index in [9.17, 15) is 0 Å². The molecule has 0 atom stereocenters. The summed E-state index contributed by atoms with van der Waals surface area (Å²) in [6, 6.07) is 12.1. The minimum absolute atomic E-state index is 0.814. The summed E-state index contributed by atoms with van der Waals surface area (Å²) in [6.07, 6.45) is 1.15. The first-order valence-corrected chi connectivity index (χ1v) is 8.62. The average molecular weight is 413 g/mol. The summed E-state index contributed by atoms with van der Waals surface area (Å²) >= 11 is 6.95. The van der Waals surface area contributed by atoms with Crippen LogP contribution < -0.4 is 10.1 Å². The molecule has 112 valence electrons. The number of nitrogens with one attached hydrogen (secondary N) is 1. The second-order valence-electron chi connectivity index (χ2n) is 4.94. The predicted molar refractivity (Wildman–Crippen MR) is 95.1 cm³/mol. The van der Waals surface area contributed by atoms with Gasteiger partial charge < -0.3 is 10.1 Å². The number of hydrogen-bond acceptors (Lipinski definition) is 2. The minimum atomic E-state index is 0.814. The molecule has 0 unspecified atom stereocenters. The van der Waals surface area contributed by atoms with Crippen molar-refractivity contribution in [3.8, 4) is 11.5 Å². The van der Waals surface area contributed by atoms with Crippen LogP contribution in [-0.4, -0.2) is 6.54 Å². The molecule has 1 N–H and O–H groups in total. The van der Waals surface area contributed by atoms with Crippen LogP contribution in [0.4, 0.5) is 0 Å². The minimum Gasteiger partial charge on any atom is -0.456 e. The third-order valence-corrected chi connectivity index (χ3v) is 4.29. The Labute approximate surface area is 143 Å². The second-order valence-corrected chi connectivity index (χ2v) is 6.71. The van der Waals surface area contributed by atoms with Gasteiger partial charge in [0.1, 0.15) is 11.5 Å². The first kappa shape index (κ1) is 16.5. The monoisotopic (exact) mass is 411 g/mol. The molecule has 0 aliphatic rings. The van der Waals surface area contributed by atoms with Crippen molar-refractivity contribution < 1.29 is 4.74 Å². The number of benzene rings is 2. The van der Waals surface area contributed by atoms with E-state index in [1.165, 1.54) is 11.1 Å². The van der Waals surface area contributed by atoms with Crippen molar-refractivity contribution in [1.82, 2.24) is 5.32 Å². The van der Waals surface area contributed by atoms with Crippen LogP contribution in [0.3, 0.4) is 0 Å². The van der Waals surface area contributed by atoms with Gasteiger partial charge in [-0.05, 0) is 77.3 Å². The smallest absolute Gasteiger partial charge is 0.141 e. The largest absolute Gasteiger partial charge is 0.456 e. The highest BCUT2D eigenvalue weighted by Crippen LogP contribution is 2.32. The van der Waals surface area contributed by atoms with Gasteiger partial charge in [-0.25, -0.2) is 0 Å². The number of ether oxygens (including phenoxy) is 1. The first-order valence-electron chi connectivity index (χ1n) is 7.03. The Hall–Kier alpha value is -0.840. The molecule has 0 saturated heterocycles. The summed E-state index contributed by atoms with van der Waals surface area (Å²) in [4.78, 5) is 0. The summed E-state index contributed by atoms with van der Waals surface area (Å²) in [7, 11) is 0. The molecule has 0 amide bonds. The fourth-order valence-electron chi connectivity index (χ4n) is 2.01. The quantitative estimate of drug-likeness (QED) is 0.604. The van der Waals surface area contributed by atoms with Gasteiger partial charge in [0.2, 0.25) is 0 Å². The maximum absolute atomic E-state index is 5.94. The Morgan fingerprint density at radius 3 is 2.57 bits per heavy atom. The molecular formula is C17H19Br2NO. The van der Waals surface area contributed by atoms with Crippen molar-refractivity contribution in [2.75, 3.05) is 6.54 Å². The van der Waals surface area contributed by atoms with Crippen LogP contribution in [0.25, 0.3) is 0 Å². The molecule has 0 saturated carbocycles. The zero-order valence-corrected chi connectivity index (χ0v) is 15.4. The van der Waals surface area contributed by atoms with Crippen LogP contribution >= 0.6 is 31.9 Å². The summed E-state index contributed by atoms with van der Waals surface area (Å²) in [5, 5.41) is 3.42. The predicted octanol–water partition coefficient (Wildman–Crippen LogP) is 5.81. The van der Waals surface area contributed by atoms with Crippen molar-refractivity contribution in [3.05, 3.63) is 56.5 Å². The fourth-order valence-corrected chi connectivity index (χ4v) is 3.14. The van der Waals surface area contributed by atoms with Gasteiger partial charge in [-0.2, -0.15) is 0 Å². The van der Waals surface area contributed by atoms with Gasteiger partial charge in [-0.15, -0.1) is 0 Å². The van der Waals surface area contributed by atoms with E-state index < -0.39 is 0 Å². The van der Waals surface area contributed by atoms with Crippen molar-refractivity contribution in [1.29, 1.82) is 0 Å². The van der Waals surface area contributed by atoms with Crippen molar-refractivity contribution in [2.24, 2.45) is 0 Å². The molecule has 0 bridgehead atoms. The van der Waals surface area contributed by atoms with E-state index in [-0.39, 0.29) is 0 Å². The normalized spacial score (nSPS) is 10.7. The van der Waals surface area contributed by atoms with Crippen molar-refractivity contribution in [3.63, 3.8) is 0 Å². The van der Waals surface area contributed by atoms with Crippen LogP contribution in [0.15, 0.2) is 45.3 Å². The first-order chi connectivity index (χ1) is 10.1. The Bertz CT molecular complexity index is 614. The highest BCUT2D eigenvalue weighted by Gasteiger charge is 2.05. The molecule has 0 aromatic heterocycles. The average Bonchev–Trinajstić information content (AvgIpc) is 2.44. The van der Waals surface area contributed by atoms with Gasteiger partial charge in [0.05, 0.1) is 4.47 Å².